The Morgan fingerprint density at radius 1 is 1.05 bits per heavy atom. The quantitative estimate of drug-likeness (QED) is 0.253. The van der Waals surface area contributed by atoms with Crippen LogP contribution in [0.2, 0.25) is 0 Å². The third kappa shape index (κ3) is 5.65. The van der Waals surface area contributed by atoms with Gasteiger partial charge in [0, 0.05) is 10.4 Å². The van der Waals surface area contributed by atoms with Crippen molar-refractivity contribution in [2.24, 2.45) is 11.3 Å². The minimum atomic E-state index is -0.643. The van der Waals surface area contributed by atoms with E-state index in [-0.39, 0.29) is 12.0 Å². The molecule has 4 aromatic rings. The van der Waals surface area contributed by atoms with Crippen LogP contribution < -0.4 is 5.32 Å². The van der Waals surface area contributed by atoms with Crippen molar-refractivity contribution >= 4 is 45.2 Å². The summed E-state index contributed by atoms with van der Waals surface area (Å²) in [6, 6.07) is 14.6. The molecular formula is C31H33N3O5S. The summed E-state index contributed by atoms with van der Waals surface area (Å²) in [7, 11) is 0. The number of carbonyl (C=O) groups is 3. The number of aromatic amines is 1. The topological polar surface area (TPSA) is 110 Å². The Bertz CT molecular complexity index is 1550. The fourth-order valence-electron chi connectivity index (χ4n) is 5.15. The zero-order valence-corrected chi connectivity index (χ0v) is 23.9. The number of imidazole rings is 1. The fourth-order valence-corrected chi connectivity index (χ4v) is 6.48. The van der Waals surface area contributed by atoms with E-state index in [0.29, 0.717) is 33.4 Å². The molecule has 8 nitrogen and oxygen atoms in total. The first-order valence-electron chi connectivity index (χ1n) is 13.5. The van der Waals surface area contributed by atoms with E-state index in [1.165, 1.54) is 11.3 Å². The van der Waals surface area contributed by atoms with Crippen molar-refractivity contribution in [1.82, 2.24) is 9.97 Å². The number of anilines is 1. The van der Waals surface area contributed by atoms with Crippen molar-refractivity contribution in [3.05, 3.63) is 70.1 Å². The standard InChI is InChI=1S/C31H33N3O5S/c1-5-38-30(37)26-21-15-14-18(31(2,3)4)16-24(21)40-28(26)34-25(35)17-39-29(36)20-11-7-6-10-19(20)27-32-22-12-8-9-13-23(22)33-27/h6-13,18H,5,14-17H2,1-4H3,(H,32,33)(H,34,35). The SMILES string of the molecule is CCOC(=O)c1c(NC(=O)COC(=O)c2ccccc2-c2nc3ccccc3[nH]2)sc2c1CCC(C(C)(C)C)C2. The van der Waals surface area contributed by atoms with Gasteiger partial charge in [0.25, 0.3) is 5.91 Å². The van der Waals surface area contributed by atoms with E-state index >= 15 is 0 Å². The van der Waals surface area contributed by atoms with Gasteiger partial charge in [-0.25, -0.2) is 14.6 Å². The van der Waals surface area contributed by atoms with Gasteiger partial charge in [-0.3, -0.25) is 4.79 Å². The monoisotopic (exact) mass is 559 g/mol. The molecule has 9 heteroatoms. The van der Waals surface area contributed by atoms with Crippen LogP contribution in [0.15, 0.2) is 48.5 Å². The predicted octanol–water partition coefficient (Wildman–Crippen LogP) is 6.41. The molecule has 1 amide bonds. The van der Waals surface area contributed by atoms with E-state index in [1.807, 2.05) is 30.3 Å². The maximum atomic E-state index is 13.0. The molecule has 1 unspecified atom stereocenters. The third-order valence-electron chi connectivity index (χ3n) is 7.35. The van der Waals surface area contributed by atoms with Crippen LogP contribution in [0, 0.1) is 11.3 Å². The maximum Gasteiger partial charge on any atom is 0.341 e. The summed E-state index contributed by atoms with van der Waals surface area (Å²) in [5.41, 5.74) is 4.02. The molecule has 40 heavy (non-hydrogen) atoms. The van der Waals surface area contributed by atoms with Crippen LogP contribution in [0.4, 0.5) is 5.00 Å². The maximum absolute atomic E-state index is 13.0. The lowest BCUT2D eigenvalue weighted by molar-refractivity contribution is -0.119. The van der Waals surface area contributed by atoms with Crippen LogP contribution >= 0.6 is 11.3 Å². The molecule has 2 N–H and O–H groups in total. The second-order valence-electron chi connectivity index (χ2n) is 11.0. The van der Waals surface area contributed by atoms with E-state index in [2.05, 4.69) is 36.1 Å². The van der Waals surface area contributed by atoms with E-state index < -0.39 is 24.5 Å². The van der Waals surface area contributed by atoms with E-state index in [9.17, 15) is 14.4 Å². The number of esters is 2. The van der Waals surface area contributed by atoms with Crippen molar-refractivity contribution in [3.8, 4) is 11.4 Å². The number of fused-ring (bicyclic) bond motifs is 2. The average molecular weight is 560 g/mol. The number of nitrogens with zero attached hydrogens (tertiary/aromatic N) is 1. The molecule has 0 saturated carbocycles. The highest BCUT2D eigenvalue weighted by molar-refractivity contribution is 7.17. The molecule has 0 bridgehead atoms. The van der Waals surface area contributed by atoms with Crippen LogP contribution in [0.25, 0.3) is 22.4 Å². The molecule has 0 fully saturated rings. The summed E-state index contributed by atoms with van der Waals surface area (Å²) in [4.78, 5) is 47.8. The molecule has 2 heterocycles. The highest BCUT2D eigenvalue weighted by Crippen LogP contribution is 2.44. The number of hydrogen-bond donors (Lipinski definition) is 2. The van der Waals surface area contributed by atoms with Crippen molar-refractivity contribution in [2.45, 2.75) is 47.0 Å². The van der Waals surface area contributed by atoms with Gasteiger partial charge in [0.15, 0.2) is 6.61 Å². The van der Waals surface area contributed by atoms with Crippen LogP contribution in [-0.2, 0) is 27.1 Å². The zero-order valence-electron chi connectivity index (χ0n) is 23.1. The van der Waals surface area contributed by atoms with Gasteiger partial charge in [0.2, 0.25) is 0 Å². The van der Waals surface area contributed by atoms with Crippen LogP contribution in [0.5, 0.6) is 0 Å². The van der Waals surface area contributed by atoms with Gasteiger partial charge in [-0.05, 0) is 61.3 Å². The Labute approximate surface area is 237 Å². The van der Waals surface area contributed by atoms with Gasteiger partial charge in [0.1, 0.15) is 10.8 Å². The second-order valence-corrected chi connectivity index (χ2v) is 12.1. The molecule has 0 spiro atoms. The van der Waals surface area contributed by atoms with Crippen LogP contribution in [-0.4, -0.2) is 41.0 Å². The highest BCUT2D eigenvalue weighted by Gasteiger charge is 2.34. The van der Waals surface area contributed by atoms with Gasteiger partial charge in [-0.2, -0.15) is 0 Å². The Kier molecular flexibility index (Phi) is 7.76. The molecule has 0 saturated heterocycles. The molecule has 0 aliphatic heterocycles. The number of carbonyl (C=O) groups excluding carboxylic acids is 3. The van der Waals surface area contributed by atoms with E-state index in [4.69, 9.17) is 9.47 Å². The Balaban J connectivity index is 1.31. The molecule has 1 aliphatic carbocycles. The summed E-state index contributed by atoms with van der Waals surface area (Å²) in [6.07, 6.45) is 2.57. The number of aromatic nitrogens is 2. The van der Waals surface area contributed by atoms with Crippen molar-refractivity contribution in [2.75, 3.05) is 18.5 Å². The summed E-state index contributed by atoms with van der Waals surface area (Å²) in [5.74, 6) is -0.595. The number of amides is 1. The van der Waals surface area contributed by atoms with Crippen LogP contribution in [0.3, 0.4) is 0 Å². The van der Waals surface area contributed by atoms with Crippen LogP contribution in [0.1, 0.15) is 65.3 Å². The number of thiophene rings is 1. The average Bonchev–Trinajstić information content (AvgIpc) is 3.52. The summed E-state index contributed by atoms with van der Waals surface area (Å²) < 4.78 is 10.7. The minimum absolute atomic E-state index is 0.141. The normalized spacial score (nSPS) is 14.9. The number of para-hydroxylation sites is 2. The molecule has 2 aromatic heterocycles. The van der Waals surface area contributed by atoms with Crippen molar-refractivity contribution < 1.29 is 23.9 Å². The number of nitrogens with one attached hydrogen (secondary N) is 2. The fraction of sp³-hybridized carbons (Fsp3) is 0.355. The van der Waals surface area contributed by atoms with Gasteiger partial charge in [0.05, 0.1) is 28.8 Å². The lowest BCUT2D eigenvalue weighted by Gasteiger charge is -2.33. The molecule has 1 aliphatic rings. The highest BCUT2D eigenvalue weighted by atomic mass is 32.1. The molecule has 5 rings (SSSR count). The van der Waals surface area contributed by atoms with Crippen molar-refractivity contribution in [1.29, 1.82) is 0 Å². The zero-order chi connectivity index (χ0) is 28.4. The van der Waals surface area contributed by atoms with Gasteiger partial charge in [-0.15, -0.1) is 11.3 Å². The molecule has 0 radical (unpaired) electrons. The Morgan fingerprint density at radius 3 is 2.55 bits per heavy atom. The third-order valence-corrected chi connectivity index (χ3v) is 8.52. The van der Waals surface area contributed by atoms with Gasteiger partial charge >= 0.3 is 11.9 Å². The summed E-state index contributed by atoms with van der Waals surface area (Å²) >= 11 is 1.41. The number of rotatable bonds is 7. The van der Waals surface area contributed by atoms with E-state index in [1.54, 1.807) is 25.1 Å². The minimum Gasteiger partial charge on any atom is -0.462 e. The lowest BCUT2D eigenvalue weighted by Crippen LogP contribution is -2.26. The number of ether oxygens (including phenoxy) is 2. The first-order valence-corrected chi connectivity index (χ1v) is 14.3. The summed E-state index contributed by atoms with van der Waals surface area (Å²) in [5, 5.41) is 3.26. The van der Waals surface area contributed by atoms with E-state index in [0.717, 1.165) is 40.7 Å². The van der Waals surface area contributed by atoms with Crippen molar-refractivity contribution in [3.63, 3.8) is 0 Å². The molecule has 208 valence electrons. The Morgan fingerprint density at radius 2 is 1.80 bits per heavy atom. The summed E-state index contributed by atoms with van der Waals surface area (Å²) in [6.45, 7) is 8.18. The number of hydrogen-bond acceptors (Lipinski definition) is 7. The second kappa shape index (κ2) is 11.3. The smallest absolute Gasteiger partial charge is 0.341 e. The molecule has 1 atom stereocenters. The Hall–Kier alpha value is -3.98. The largest absolute Gasteiger partial charge is 0.462 e. The first-order chi connectivity index (χ1) is 19.2. The lowest BCUT2D eigenvalue weighted by atomic mass is 9.72. The first kappa shape index (κ1) is 27.6. The number of benzene rings is 2. The predicted molar refractivity (Wildman–Crippen MR) is 156 cm³/mol. The number of H-pyrrole nitrogens is 1. The molecular weight excluding hydrogens is 526 g/mol. The molecule has 2 aromatic carbocycles. The van der Waals surface area contributed by atoms with Gasteiger partial charge in [-0.1, -0.05) is 51.1 Å². The van der Waals surface area contributed by atoms with Gasteiger partial charge < -0.3 is 19.8 Å².